The van der Waals surface area contributed by atoms with Gasteiger partial charge < -0.3 is 15.0 Å². The second kappa shape index (κ2) is 6.87. The first-order chi connectivity index (χ1) is 12.6. The number of sulfonamides is 1. The van der Waals surface area contributed by atoms with Crippen LogP contribution in [-0.2, 0) is 17.1 Å². The van der Waals surface area contributed by atoms with E-state index in [4.69, 9.17) is 0 Å². The van der Waals surface area contributed by atoms with Gasteiger partial charge in [0.1, 0.15) is 10.6 Å². The molecule has 27 heavy (non-hydrogen) atoms. The maximum absolute atomic E-state index is 13.3. The molecule has 3 N–H and O–H groups in total. The van der Waals surface area contributed by atoms with Gasteiger partial charge in [0.15, 0.2) is 11.6 Å². The van der Waals surface area contributed by atoms with E-state index >= 15 is 0 Å². The molecular weight excluding hydrogens is 380 g/mol. The van der Waals surface area contributed by atoms with Gasteiger partial charge in [-0.2, -0.15) is 0 Å². The van der Waals surface area contributed by atoms with Crippen LogP contribution < -0.4 is 10.0 Å². The normalized spacial score (nSPS) is 19.2. The molecule has 3 rings (SSSR count). The average Bonchev–Trinajstić information content (AvgIpc) is 2.85. The van der Waals surface area contributed by atoms with Crippen LogP contribution in [0.25, 0.3) is 6.08 Å². The zero-order valence-corrected chi connectivity index (χ0v) is 15.2. The Hall–Kier alpha value is -2.56. The highest BCUT2D eigenvalue weighted by molar-refractivity contribution is 7.89. The molecule has 0 unspecified atom stereocenters. The number of carbonyl (C=O) groups excluding carboxylic acids is 1. The number of aromatic nitrogens is 1. The number of aliphatic hydroxyl groups is 1. The number of hydrogen-bond donors (Lipinski definition) is 3. The molecule has 2 atom stereocenters. The Balaban J connectivity index is 2.03. The molecule has 1 amide bonds. The zero-order chi connectivity index (χ0) is 19.9. The monoisotopic (exact) mass is 397 g/mol. The lowest BCUT2D eigenvalue weighted by Gasteiger charge is -2.15. The van der Waals surface area contributed by atoms with Gasteiger partial charge in [-0.3, -0.25) is 4.79 Å². The number of amides is 1. The molecule has 0 radical (unpaired) electrons. The van der Waals surface area contributed by atoms with Gasteiger partial charge in [-0.25, -0.2) is 21.9 Å². The number of aliphatic hydroxyl groups excluding tert-OH is 1. The largest absolute Gasteiger partial charge is 0.391 e. The molecule has 1 aliphatic rings. The lowest BCUT2D eigenvalue weighted by molar-refractivity contribution is 0.101. The topological polar surface area (TPSA) is 100 Å². The Morgan fingerprint density at radius 3 is 2.67 bits per heavy atom. The first kappa shape index (κ1) is 19.2. The highest BCUT2D eigenvalue weighted by Crippen LogP contribution is 2.27. The quantitative estimate of drug-likeness (QED) is 0.733. The van der Waals surface area contributed by atoms with Crippen LogP contribution in [0.15, 0.2) is 35.4 Å². The van der Waals surface area contributed by atoms with Gasteiger partial charge in [0, 0.05) is 30.6 Å². The van der Waals surface area contributed by atoms with E-state index in [1.165, 1.54) is 43.0 Å². The maximum Gasteiger partial charge on any atom is 0.272 e. The van der Waals surface area contributed by atoms with Crippen molar-refractivity contribution in [2.24, 2.45) is 7.05 Å². The number of aryl methyl sites for hydroxylation is 1. The number of carbonyl (C=O) groups is 1. The number of nitrogens with zero attached hydrogens (tertiary/aromatic N) is 1. The summed E-state index contributed by atoms with van der Waals surface area (Å²) in [6, 6.07) is 2.04. The minimum atomic E-state index is -3.98. The van der Waals surface area contributed by atoms with Crippen molar-refractivity contribution in [3.05, 3.63) is 53.4 Å². The number of anilines is 1. The predicted octanol–water partition coefficient (Wildman–Crippen LogP) is 1.61. The van der Waals surface area contributed by atoms with E-state index in [0.29, 0.717) is 0 Å². The van der Waals surface area contributed by atoms with E-state index in [1.807, 2.05) is 0 Å². The third-order valence-electron chi connectivity index (χ3n) is 4.15. The SMILES string of the molecule is C[C@@H](O)[C@H]1C=Cc2c(cn(C)c2C(=O)Nc2ccc(F)c(F)c2)S(=O)(=O)N1. The third kappa shape index (κ3) is 3.64. The van der Waals surface area contributed by atoms with Crippen LogP contribution in [0.2, 0.25) is 0 Å². The highest BCUT2D eigenvalue weighted by Gasteiger charge is 2.31. The number of nitrogens with one attached hydrogen (secondary N) is 2. The van der Waals surface area contributed by atoms with E-state index in [2.05, 4.69) is 10.0 Å². The Kier molecular flexibility index (Phi) is 4.89. The summed E-state index contributed by atoms with van der Waals surface area (Å²) >= 11 is 0. The minimum absolute atomic E-state index is 0.0163. The highest BCUT2D eigenvalue weighted by atomic mass is 32.2. The first-order valence-corrected chi connectivity index (χ1v) is 9.43. The van der Waals surface area contributed by atoms with Crippen LogP contribution in [0.3, 0.4) is 0 Å². The summed E-state index contributed by atoms with van der Waals surface area (Å²) in [5.41, 5.74) is 0.171. The second-order valence-corrected chi connectivity index (χ2v) is 7.88. The Morgan fingerprint density at radius 1 is 1.33 bits per heavy atom. The summed E-state index contributed by atoms with van der Waals surface area (Å²) in [6.07, 6.45) is 3.17. The van der Waals surface area contributed by atoms with Crippen molar-refractivity contribution in [3.63, 3.8) is 0 Å². The van der Waals surface area contributed by atoms with Crippen LogP contribution in [0, 0.1) is 11.6 Å². The van der Waals surface area contributed by atoms with Gasteiger partial charge in [-0.05, 0) is 19.1 Å². The number of hydrogen-bond acceptors (Lipinski definition) is 4. The molecule has 7 nitrogen and oxygen atoms in total. The molecule has 144 valence electrons. The van der Waals surface area contributed by atoms with E-state index in [-0.39, 0.29) is 21.8 Å². The standard InChI is InChI=1S/C17H17F2N3O4S/c1-9(23)14-6-4-11-15(27(25,26)21-14)8-22(2)16(11)17(24)20-10-3-5-12(18)13(19)7-10/h3-9,14,21,23H,1-2H3,(H,20,24)/t9-,14-/m1/s1. The second-order valence-electron chi connectivity index (χ2n) is 6.20. The maximum atomic E-state index is 13.3. The fourth-order valence-corrected chi connectivity index (χ4v) is 4.29. The van der Waals surface area contributed by atoms with Gasteiger partial charge in [-0.15, -0.1) is 0 Å². The fraction of sp³-hybridized carbons (Fsp3) is 0.235. The molecule has 1 aliphatic heterocycles. The smallest absolute Gasteiger partial charge is 0.272 e. The zero-order valence-electron chi connectivity index (χ0n) is 14.4. The molecule has 0 saturated carbocycles. The predicted molar refractivity (Wildman–Crippen MR) is 94.5 cm³/mol. The summed E-state index contributed by atoms with van der Waals surface area (Å²) < 4.78 is 55.1. The van der Waals surface area contributed by atoms with Crippen LogP contribution in [0.5, 0.6) is 0 Å². The Morgan fingerprint density at radius 2 is 2.04 bits per heavy atom. The molecule has 1 aromatic carbocycles. The van der Waals surface area contributed by atoms with Crippen molar-refractivity contribution < 1.29 is 27.1 Å². The van der Waals surface area contributed by atoms with E-state index in [0.717, 1.165) is 12.1 Å². The number of halogens is 2. The molecule has 2 heterocycles. The van der Waals surface area contributed by atoms with Crippen molar-refractivity contribution in [1.82, 2.24) is 9.29 Å². The van der Waals surface area contributed by atoms with Gasteiger partial charge in [0.2, 0.25) is 10.0 Å². The number of rotatable bonds is 3. The minimum Gasteiger partial charge on any atom is -0.391 e. The molecule has 0 saturated heterocycles. The fourth-order valence-electron chi connectivity index (χ4n) is 2.78. The van der Waals surface area contributed by atoms with Crippen LogP contribution in [0.4, 0.5) is 14.5 Å². The van der Waals surface area contributed by atoms with Crippen molar-refractivity contribution in [2.75, 3.05) is 5.32 Å². The first-order valence-electron chi connectivity index (χ1n) is 7.94. The summed E-state index contributed by atoms with van der Waals surface area (Å²) in [6.45, 7) is 1.43. The van der Waals surface area contributed by atoms with Crippen molar-refractivity contribution >= 4 is 27.7 Å². The van der Waals surface area contributed by atoms with Gasteiger partial charge >= 0.3 is 0 Å². The third-order valence-corrected chi connectivity index (χ3v) is 5.63. The van der Waals surface area contributed by atoms with E-state index in [1.54, 1.807) is 0 Å². The molecule has 0 aliphatic carbocycles. The summed E-state index contributed by atoms with van der Waals surface area (Å²) in [7, 11) is -2.49. The number of benzene rings is 1. The molecule has 1 aromatic heterocycles. The molecule has 0 spiro atoms. The molecule has 2 aromatic rings. The summed E-state index contributed by atoms with van der Waals surface area (Å²) in [5, 5.41) is 12.1. The van der Waals surface area contributed by atoms with Crippen molar-refractivity contribution in [2.45, 2.75) is 24.0 Å². The van der Waals surface area contributed by atoms with Gasteiger partial charge in [-0.1, -0.05) is 12.2 Å². The lowest BCUT2D eigenvalue weighted by Crippen LogP contribution is -2.39. The van der Waals surface area contributed by atoms with E-state index in [9.17, 15) is 27.1 Å². The summed E-state index contributed by atoms with van der Waals surface area (Å²) in [5.74, 6) is -2.87. The van der Waals surface area contributed by atoms with Gasteiger partial charge in [0.05, 0.1) is 12.1 Å². The Labute approximate surface area is 154 Å². The van der Waals surface area contributed by atoms with Crippen molar-refractivity contribution in [1.29, 1.82) is 0 Å². The molecule has 0 bridgehead atoms. The molecule has 0 fully saturated rings. The lowest BCUT2D eigenvalue weighted by atomic mass is 10.1. The van der Waals surface area contributed by atoms with Crippen molar-refractivity contribution in [3.8, 4) is 0 Å². The van der Waals surface area contributed by atoms with Crippen LogP contribution >= 0.6 is 0 Å². The van der Waals surface area contributed by atoms with E-state index < -0.39 is 39.7 Å². The molecule has 10 heteroatoms. The average molecular weight is 397 g/mol. The Bertz CT molecular complexity index is 1040. The van der Waals surface area contributed by atoms with Crippen LogP contribution in [0.1, 0.15) is 23.0 Å². The molecular formula is C17H17F2N3O4S. The van der Waals surface area contributed by atoms with Gasteiger partial charge in [0.25, 0.3) is 5.91 Å². The van der Waals surface area contributed by atoms with Crippen LogP contribution in [-0.4, -0.2) is 36.1 Å². The number of fused-ring (bicyclic) bond motifs is 1. The summed E-state index contributed by atoms with van der Waals surface area (Å²) in [4.78, 5) is 12.5.